The summed E-state index contributed by atoms with van der Waals surface area (Å²) in [7, 11) is 1.66. The summed E-state index contributed by atoms with van der Waals surface area (Å²) in [6.07, 6.45) is 2.51. The van der Waals surface area contributed by atoms with E-state index in [1.807, 2.05) is 37.3 Å². The Morgan fingerprint density at radius 3 is 2.58 bits per heavy atom. The van der Waals surface area contributed by atoms with Crippen LogP contribution in [0.1, 0.15) is 31.2 Å². The van der Waals surface area contributed by atoms with E-state index in [2.05, 4.69) is 11.0 Å². The summed E-state index contributed by atoms with van der Waals surface area (Å²) < 4.78 is 10.7. The first-order valence-corrected chi connectivity index (χ1v) is 8.64. The van der Waals surface area contributed by atoms with Crippen molar-refractivity contribution in [2.24, 2.45) is 0 Å². The molecular formula is C20H25NO3. The summed E-state index contributed by atoms with van der Waals surface area (Å²) in [6, 6.07) is 12.0. The van der Waals surface area contributed by atoms with Gasteiger partial charge in [0.1, 0.15) is 12.4 Å². The Morgan fingerprint density at radius 2 is 1.83 bits per heavy atom. The molecule has 0 spiro atoms. The normalized spacial score (nSPS) is 16.2. The Bertz CT molecular complexity index is 707. The van der Waals surface area contributed by atoms with Crippen molar-refractivity contribution >= 4 is 16.7 Å². The van der Waals surface area contributed by atoms with Gasteiger partial charge in [0.15, 0.2) is 0 Å². The zero-order valence-corrected chi connectivity index (χ0v) is 14.5. The molecular weight excluding hydrogens is 302 g/mol. The molecule has 0 N–H and O–H groups in total. The van der Waals surface area contributed by atoms with Gasteiger partial charge in [-0.3, -0.25) is 9.69 Å². The average Bonchev–Trinajstić information content (AvgIpc) is 3.13. The largest absolute Gasteiger partial charge is 0.497 e. The lowest BCUT2D eigenvalue weighted by molar-refractivity contribution is -0.145. The Morgan fingerprint density at radius 1 is 1.12 bits per heavy atom. The van der Waals surface area contributed by atoms with Crippen LogP contribution in [0.3, 0.4) is 0 Å². The standard InChI is InChI=1S/C20H25NO3/c1-15(20(22)24-12-11-21-9-3-4-10-21)16-5-6-18-14-19(23-2)8-7-17(18)13-16/h5-8,13-15H,3-4,9-12H2,1-2H3. The number of carbonyl (C=O) groups is 1. The van der Waals surface area contributed by atoms with Gasteiger partial charge in [-0.1, -0.05) is 24.3 Å². The SMILES string of the molecule is COc1ccc2cc(C(C)C(=O)OCCN3CCCC3)ccc2c1. The molecule has 3 rings (SSSR count). The van der Waals surface area contributed by atoms with E-state index < -0.39 is 0 Å². The number of nitrogens with zero attached hydrogens (tertiary/aromatic N) is 1. The molecule has 0 aromatic heterocycles. The molecule has 1 aliphatic rings. The molecule has 128 valence electrons. The second-order valence-corrected chi connectivity index (χ2v) is 6.41. The van der Waals surface area contributed by atoms with Crippen LogP contribution in [0.4, 0.5) is 0 Å². The minimum absolute atomic E-state index is 0.151. The van der Waals surface area contributed by atoms with Gasteiger partial charge in [0.2, 0.25) is 0 Å². The number of benzene rings is 2. The number of fused-ring (bicyclic) bond motifs is 1. The highest BCUT2D eigenvalue weighted by Gasteiger charge is 2.18. The third-order valence-electron chi connectivity index (χ3n) is 4.78. The second kappa shape index (κ2) is 7.67. The van der Waals surface area contributed by atoms with Crippen LogP contribution in [0.25, 0.3) is 10.8 Å². The first-order chi connectivity index (χ1) is 11.7. The Balaban J connectivity index is 1.61. The molecule has 24 heavy (non-hydrogen) atoms. The van der Waals surface area contributed by atoms with E-state index in [1.54, 1.807) is 7.11 Å². The quantitative estimate of drug-likeness (QED) is 0.760. The molecule has 4 nitrogen and oxygen atoms in total. The third kappa shape index (κ3) is 3.88. The number of rotatable bonds is 6. The average molecular weight is 327 g/mol. The van der Waals surface area contributed by atoms with Crippen molar-refractivity contribution in [2.75, 3.05) is 33.4 Å². The van der Waals surface area contributed by atoms with Crippen LogP contribution in [-0.4, -0.2) is 44.2 Å². The van der Waals surface area contributed by atoms with Gasteiger partial charge in [0.05, 0.1) is 13.0 Å². The number of carbonyl (C=O) groups excluding carboxylic acids is 1. The third-order valence-corrected chi connectivity index (χ3v) is 4.78. The Kier molecular flexibility index (Phi) is 5.36. The molecule has 1 saturated heterocycles. The smallest absolute Gasteiger partial charge is 0.313 e. The maximum Gasteiger partial charge on any atom is 0.313 e. The summed E-state index contributed by atoms with van der Waals surface area (Å²) in [5.74, 6) is 0.432. The van der Waals surface area contributed by atoms with Gasteiger partial charge in [-0.05, 0) is 61.3 Å². The van der Waals surface area contributed by atoms with Crippen LogP contribution in [0.2, 0.25) is 0 Å². The lowest BCUT2D eigenvalue weighted by Crippen LogP contribution is -2.26. The maximum absolute atomic E-state index is 12.3. The van der Waals surface area contributed by atoms with E-state index >= 15 is 0 Å². The highest BCUT2D eigenvalue weighted by molar-refractivity contribution is 5.86. The molecule has 1 unspecified atom stereocenters. The van der Waals surface area contributed by atoms with Gasteiger partial charge in [0.25, 0.3) is 0 Å². The van der Waals surface area contributed by atoms with Gasteiger partial charge in [-0.15, -0.1) is 0 Å². The first kappa shape index (κ1) is 16.8. The molecule has 0 aliphatic carbocycles. The fraction of sp³-hybridized carbons (Fsp3) is 0.450. The molecule has 1 aliphatic heterocycles. The van der Waals surface area contributed by atoms with Gasteiger partial charge < -0.3 is 9.47 Å². The highest BCUT2D eigenvalue weighted by Crippen LogP contribution is 2.25. The molecule has 0 radical (unpaired) electrons. The minimum Gasteiger partial charge on any atom is -0.497 e. The lowest BCUT2D eigenvalue weighted by atomic mass is 9.98. The van der Waals surface area contributed by atoms with E-state index in [0.29, 0.717) is 6.61 Å². The van der Waals surface area contributed by atoms with E-state index in [-0.39, 0.29) is 11.9 Å². The van der Waals surface area contributed by atoms with Crippen molar-refractivity contribution < 1.29 is 14.3 Å². The molecule has 2 aromatic carbocycles. The van der Waals surface area contributed by atoms with Crippen LogP contribution in [0, 0.1) is 0 Å². The zero-order chi connectivity index (χ0) is 16.9. The van der Waals surface area contributed by atoms with Crippen molar-refractivity contribution in [3.8, 4) is 5.75 Å². The Hall–Kier alpha value is -2.07. The van der Waals surface area contributed by atoms with Gasteiger partial charge in [-0.25, -0.2) is 0 Å². The van der Waals surface area contributed by atoms with E-state index in [0.717, 1.165) is 41.7 Å². The summed E-state index contributed by atoms with van der Waals surface area (Å²) in [4.78, 5) is 14.6. The molecule has 4 heteroatoms. The number of hydrogen-bond donors (Lipinski definition) is 0. The van der Waals surface area contributed by atoms with Crippen LogP contribution in [0.5, 0.6) is 5.75 Å². The van der Waals surface area contributed by atoms with Crippen LogP contribution in [-0.2, 0) is 9.53 Å². The summed E-state index contributed by atoms with van der Waals surface area (Å²) in [6.45, 7) is 5.48. The van der Waals surface area contributed by atoms with Gasteiger partial charge in [-0.2, -0.15) is 0 Å². The lowest BCUT2D eigenvalue weighted by Gasteiger charge is -2.16. The number of ether oxygens (including phenoxy) is 2. The predicted molar refractivity (Wildman–Crippen MR) is 95.5 cm³/mol. The molecule has 1 fully saturated rings. The fourth-order valence-electron chi connectivity index (χ4n) is 3.18. The molecule has 0 bridgehead atoms. The minimum atomic E-state index is -0.255. The highest BCUT2D eigenvalue weighted by atomic mass is 16.5. The van der Waals surface area contributed by atoms with Crippen molar-refractivity contribution in [1.82, 2.24) is 4.90 Å². The van der Waals surface area contributed by atoms with Crippen LogP contribution < -0.4 is 4.74 Å². The number of likely N-dealkylation sites (tertiary alicyclic amines) is 1. The molecule has 1 heterocycles. The molecule has 1 atom stereocenters. The summed E-state index contributed by atoms with van der Waals surface area (Å²) in [5, 5.41) is 2.21. The Labute approximate surface area is 143 Å². The van der Waals surface area contributed by atoms with Crippen molar-refractivity contribution in [1.29, 1.82) is 0 Å². The summed E-state index contributed by atoms with van der Waals surface area (Å²) in [5.41, 5.74) is 0.985. The van der Waals surface area contributed by atoms with Crippen molar-refractivity contribution in [3.05, 3.63) is 42.0 Å². The maximum atomic E-state index is 12.3. The van der Waals surface area contributed by atoms with E-state index in [1.165, 1.54) is 12.8 Å². The number of esters is 1. The van der Waals surface area contributed by atoms with Crippen molar-refractivity contribution in [3.63, 3.8) is 0 Å². The second-order valence-electron chi connectivity index (χ2n) is 6.41. The predicted octanol–water partition coefficient (Wildman–Crippen LogP) is 3.59. The van der Waals surface area contributed by atoms with Gasteiger partial charge >= 0.3 is 5.97 Å². The zero-order valence-electron chi connectivity index (χ0n) is 14.5. The molecule has 0 saturated carbocycles. The summed E-state index contributed by atoms with van der Waals surface area (Å²) >= 11 is 0. The molecule has 2 aromatic rings. The topological polar surface area (TPSA) is 38.8 Å². The fourth-order valence-corrected chi connectivity index (χ4v) is 3.18. The monoisotopic (exact) mass is 327 g/mol. The molecule has 0 amide bonds. The number of hydrogen-bond acceptors (Lipinski definition) is 4. The van der Waals surface area contributed by atoms with E-state index in [9.17, 15) is 4.79 Å². The van der Waals surface area contributed by atoms with Gasteiger partial charge in [0, 0.05) is 6.54 Å². The van der Waals surface area contributed by atoms with Crippen LogP contribution >= 0.6 is 0 Å². The first-order valence-electron chi connectivity index (χ1n) is 8.64. The van der Waals surface area contributed by atoms with Crippen molar-refractivity contribution in [2.45, 2.75) is 25.7 Å². The van der Waals surface area contributed by atoms with E-state index in [4.69, 9.17) is 9.47 Å². The van der Waals surface area contributed by atoms with Crippen LogP contribution in [0.15, 0.2) is 36.4 Å². The number of methoxy groups -OCH3 is 1.